The predicted octanol–water partition coefficient (Wildman–Crippen LogP) is 4.76. The minimum atomic E-state index is -4.11. The molecule has 0 aromatic heterocycles. The number of ether oxygens (including phenoxy) is 1. The molecule has 0 radical (unpaired) electrons. The largest absolute Gasteiger partial charge is 0.491 e. The molecule has 0 aliphatic rings. The number of nitrogens with zero attached hydrogens (tertiary/aromatic N) is 1. The Morgan fingerprint density at radius 1 is 0.969 bits per heavy atom. The zero-order valence-corrected chi connectivity index (χ0v) is 18.9. The van der Waals surface area contributed by atoms with Crippen molar-refractivity contribution in [1.29, 1.82) is 0 Å². The SMILES string of the molecule is Cc1ccc(N(CC(=O)Nc2ccc(OC(C)C)cc2)S(=O)(=O)c2ccc(F)cc2)cc1. The van der Waals surface area contributed by atoms with Crippen molar-refractivity contribution in [3.05, 3.63) is 84.2 Å². The summed E-state index contributed by atoms with van der Waals surface area (Å²) in [6.07, 6.45) is 0.0233. The number of carbonyl (C=O) groups is 1. The molecule has 1 amide bonds. The normalized spacial score (nSPS) is 11.3. The maximum atomic E-state index is 13.3. The van der Waals surface area contributed by atoms with E-state index < -0.39 is 28.3 Å². The third-order valence-electron chi connectivity index (χ3n) is 4.52. The van der Waals surface area contributed by atoms with Crippen LogP contribution in [0.1, 0.15) is 19.4 Å². The predicted molar refractivity (Wildman–Crippen MR) is 123 cm³/mol. The molecule has 0 spiro atoms. The van der Waals surface area contributed by atoms with Gasteiger partial charge in [-0.1, -0.05) is 17.7 Å². The van der Waals surface area contributed by atoms with E-state index in [9.17, 15) is 17.6 Å². The number of benzene rings is 3. The van der Waals surface area contributed by atoms with Crippen LogP contribution in [0.2, 0.25) is 0 Å². The molecule has 0 bridgehead atoms. The van der Waals surface area contributed by atoms with E-state index in [1.54, 1.807) is 48.5 Å². The third kappa shape index (κ3) is 5.85. The van der Waals surface area contributed by atoms with Gasteiger partial charge in [0.25, 0.3) is 10.0 Å². The molecule has 168 valence electrons. The number of hydrogen-bond acceptors (Lipinski definition) is 4. The number of carbonyl (C=O) groups excluding carboxylic acids is 1. The highest BCUT2D eigenvalue weighted by molar-refractivity contribution is 7.92. The molecule has 3 aromatic rings. The number of amides is 1. The van der Waals surface area contributed by atoms with Crippen molar-refractivity contribution in [2.24, 2.45) is 0 Å². The van der Waals surface area contributed by atoms with Gasteiger partial charge in [0.15, 0.2) is 0 Å². The smallest absolute Gasteiger partial charge is 0.264 e. The lowest BCUT2D eigenvalue weighted by molar-refractivity contribution is -0.114. The molecule has 1 N–H and O–H groups in total. The topological polar surface area (TPSA) is 75.7 Å². The van der Waals surface area contributed by atoms with Gasteiger partial charge in [-0.15, -0.1) is 0 Å². The fourth-order valence-corrected chi connectivity index (χ4v) is 4.40. The van der Waals surface area contributed by atoms with Gasteiger partial charge in [0, 0.05) is 5.69 Å². The van der Waals surface area contributed by atoms with Crippen molar-refractivity contribution >= 4 is 27.3 Å². The number of aryl methyl sites for hydroxylation is 1. The van der Waals surface area contributed by atoms with E-state index in [2.05, 4.69) is 5.32 Å². The average molecular weight is 457 g/mol. The molecule has 0 aliphatic heterocycles. The fraction of sp³-hybridized carbons (Fsp3) is 0.208. The van der Waals surface area contributed by atoms with Crippen LogP contribution < -0.4 is 14.4 Å². The van der Waals surface area contributed by atoms with Crippen LogP contribution in [0.4, 0.5) is 15.8 Å². The second kappa shape index (κ2) is 9.82. The lowest BCUT2D eigenvalue weighted by Crippen LogP contribution is -2.38. The van der Waals surface area contributed by atoms with Crippen molar-refractivity contribution in [3.63, 3.8) is 0 Å². The summed E-state index contributed by atoms with van der Waals surface area (Å²) >= 11 is 0. The number of halogens is 1. The van der Waals surface area contributed by atoms with Crippen molar-refractivity contribution < 1.29 is 22.3 Å². The van der Waals surface area contributed by atoms with Crippen molar-refractivity contribution in [2.75, 3.05) is 16.2 Å². The van der Waals surface area contributed by atoms with Crippen LogP contribution in [0, 0.1) is 12.7 Å². The summed E-state index contributed by atoms with van der Waals surface area (Å²) in [5.74, 6) is -0.402. The van der Waals surface area contributed by atoms with Crippen LogP contribution in [0.3, 0.4) is 0 Å². The number of hydrogen-bond donors (Lipinski definition) is 1. The quantitative estimate of drug-likeness (QED) is 0.531. The second-order valence-electron chi connectivity index (χ2n) is 7.54. The first-order valence-electron chi connectivity index (χ1n) is 10.1. The molecule has 32 heavy (non-hydrogen) atoms. The number of rotatable bonds is 8. The molecule has 0 heterocycles. The Bertz CT molecular complexity index is 1160. The molecule has 0 atom stereocenters. The Morgan fingerprint density at radius 2 is 1.56 bits per heavy atom. The van der Waals surface area contributed by atoms with E-state index in [-0.39, 0.29) is 11.0 Å². The summed E-state index contributed by atoms with van der Waals surface area (Å²) in [7, 11) is -4.11. The van der Waals surface area contributed by atoms with E-state index in [1.165, 1.54) is 12.1 Å². The summed E-state index contributed by atoms with van der Waals surface area (Å²) in [6.45, 7) is 5.25. The van der Waals surface area contributed by atoms with Gasteiger partial charge in [0.2, 0.25) is 5.91 Å². The Balaban J connectivity index is 1.84. The first kappa shape index (κ1) is 23.3. The van der Waals surface area contributed by atoms with Crippen LogP contribution in [0.25, 0.3) is 0 Å². The van der Waals surface area contributed by atoms with Gasteiger partial charge in [-0.25, -0.2) is 12.8 Å². The first-order chi connectivity index (χ1) is 15.1. The van der Waals surface area contributed by atoms with E-state index in [0.29, 0.717) is 17.1 Å². The molecule has 8 heteroatoms. The van der Waals surface area contributed by atoms with Gasteiger partial charge in [-0.2, -0.15) is 0 Å². The summed E-state index contributed by atoms with van der Waals surface area (Å²) in [5, 5.41) is 2.71. The van der Waals surface area contributed by atoms with Gasteiger partial charge in [-0.05, 0) is 81.4 Å². The van der Waals surface area contributed by atoms with Gasteiger partial charge in [-0.3, -0.25) is 9.10 Å². The summed E-state index contributed by atoms with van der Waals surface area (Å²) in [6, 6.07) is 18.1. The minimum Gasteiger partial charge on any atom is -0.491 e. The standard InChI is InChI=1S/C24H25FN2O4S/c1-17(2)31-22-12-8-20(9-13-22)26-24(28)16-27(21-10-4-18(3)5-11-21)32(29,30)23-14-6-19(25)7-15-23/h4-15,17H,16H2,1-3H3,(H,26,28). The maximum absolute atomic E-state index is 13.3. The Morgan fingerprint density at radius 3 is 2.12 bits per heavy atom. The molecule has 3 rings (SSSR count). The van der Waals surface area contributed by atoms with E-state index in [1.807, 2.05) is 20.8 Å². The second-order valence-corrected chi connectivity index (χ2v) is 9.40. The monoisotopic (exact) mass is 456 g/mol. The van der Waals surface area contributed by atoms with Gasteiger partial charge >= 0.3 is 0 Å². The highest BCUT2D eigenvalue weighted by Crippen LogP contribution is 2.25. The Labute approximate surface area is 187 Å². The van der Waals surface area contributed by atoms with Crippen LogP contribution in [-0.2, 0) is 14.8 Å². The maximum Gasteiger partial charge on any atom is 0.264 e. The molecule has 3 aromatic carbocycles. The van der Waals surface area contributed by atoms with E-state index in [4.69, 9.17) is 4.74 Å². The molecule has 0 saturated heterocycles. The van der Waals surface area contributed by atoms with Crippen molar-refractivity contribution in [3.8, 4) is 5.75 Å². The van der Waals surface area contributed by atoms with Crippen molar-refractivity contribution in [1.82, 2.24) is 0 Å². The lowest BCUT2D eigenvalue weighted by atomic mass is 10.2. The molecule has 0 saturated carbocycles. The first-order valence-corrected chi connectivity index (χ1v) is 11.5. The molecular weight excluding hydrogens is 431 g/mol. The van der Waals surface area contributed by atoms with E-state index in [0.717, 1.165) is 22.0 Å². The third-order valence-corrected chi connectivity index (χ3v) is 6.31. The summed E-state index contributed by atoms with van der Waals surface area (Å²) < 4.78 is 46.4. The van der Waals surface area contributed by atoms with Crippen molar-refractivity contribution in [2.45, 2.75) is 31.8 Å². The number of anilines is 2. The molecule has 0 unspecified atom stereocenters. The molecule has 6 nitrogen and oxygen atoms in total. The molecule has 0 fully saturated rings. The highest BCUT2D eigenvalue weighted by Gasteiger charge is 2.27. The number of sulfonamides is 1. The zero-order chi connectivity index (χ0) is 23.3. The van der Waals surface area contributed by atoms with Crippen LogP contribution in [-0.4, -0.2) is 27.0 Å². The zero-order valence-electron chi connectivity index (χ0n) is 18.1. The van der Waals surface area contributed by atoms with Crippen LogP contribution in [0.5, 0.6) is 5.75 Å². The van der Waals surface area contributed by atoms with Gasteiger partial charge in [0.1, 0.15) is 18.1 Å². The summed E-state index contributed by atoms with van der Waals surface area (Å²) in [5.41, 5.74) is 1.78. The minimum absolute atomic E-state index is 0.0233. The lowest BCUT2D eigenvalue weighted by Gasteiger charge is -2.24. The Kier molecular flexibility index (Phi) is 7.15. The molecule has 0 aliphatic carbocycles. The van der Waals surface area contributed by atoms with Crippen LogP contribution >= 0.6 is 0 Å². The van der Waals surface area contributed by atoms with Gasteiger partial charge in [0.05, 0.1) is 16.7 Å². The Hall–Kier alpha value is -3.39. The van der Waals surface area contributed by atoms with Crippen LogP contribution in [0.15, 0.2) is 77.7 Å². The van der Waals surface area contributed by atoms with E-state index >= 15 is 0 Å². The molecular formula is C24H25FN2O4S. The summed E-state index contributed by atoms with van der Waals surface area (Å²) in [4.78, 5) is 12.6. The average Bonchev–Trinajstić information content (AvgIpc) is 2.74. The van der Waals surface area contributed by atoms with Gasteiger partial charge < -0.3 is 10.1 Å². The fourth-order valence-electron chi connectivity index (χ4n) is 2.98. The number of nitrogens with one attached hydrogen (secondary N) is 1. The highest BCUT2D eigenvalue weighted by atomic mass is 32.2.